The highest BCUT2D eigenvalue weighted by molar-refractivity contribution is 7.90. The molecule has 0 aliphatic carbocycles. The number of H-pyrrole nitrogens is 1. The number of aryl methyl sites for hydroxylation is 1. The van der Waals surface area contributed by atoms with E-state index in [-0.39, 0.29) is 16.8 Å². The van der Waals surface area contributed by atoms with E-state index in [1.807, 2.05) is 26.1 Å². The fourth-order valence-electron chi connectivity index (χ4n) is 4.88. The molecule has 40 heavy (non-hydrogen) atoms. The maximum Gasteiger partial charge on any atom is 0.242 e. The normalized spacial score (nSPS) is 15.7. The molecule has 0 spiro atoms. The molecule has 1 amide bonds. The molecule has 0 saturated carbocycles. The number of aromatic nitrogens is 5. The van der Waals surface area contributed by atoms with Crippen molar-refractivity contribution in [3.05, 3.63) is 48.7 Å². The monoisotopic (exact) mass is 563 g/mol. The van der Waals surface area contributed by atoms with E-state index in [4.69, 9.17) is 4.98 Å². The molecule has 0 radical (unpaired) electrons. The first-order valence-corrected chi connectivity index (χ1v) is 15.0. The van der Waals surface area contributed by atoms with Crippen molar-refractivity contribution in [2.75, 3.05) is 50.1 Å². The lowest BCUT2D eigenvalue weighted by atomic mass is 10.1. The van der Waals surface area contributed by atoms with Crippen molar-refractivity contribution in [2.24, 2.45) is 0 Å². The Bertz CT molecular complexity index is 1650. The Morgan fingerprint density at radius 3 is 2.65 bits per heavy atom. The number of hydrogen-bond acceptors (Lipinski definition) is 10. The van der Waals surface area contributed by atoms with Gasteiger partial charge in [0.05, 0.1) is 34.0 Å². The smallest absolute Gasteiger partial charge is 0.242 e. The van der Waals surface area contributed by atoms with Crippen molar-refractivity contribution < 1.29 is 13.2 Å². The number of likely N-dealkylation sites (N-methyl/N-ethyl adjacent to an activating group) is 1. The van der Waals surface area contributed by atoms with Crippen LogP contribution in [0.15, 0.2) is 48.0 Å². The van der Waals surface area contributed by atoms with Crippen LogP contribution in [-0.2, 0) is 14.6 Å². The Labute approximate surface area is 233 Å². The van der Waals surface area contributed by atoms with Crippen LogP contribution in [0, 0.1) is 6.92 Å². The Morgan fingerprint density at radius 2 is 1.93 bits per heavy atom. The minimum absolute atomic E-state index is 0.0714. The second kappa shape index (κ2) is 11.3. The number of pyridine rings is 2. The van der Waals surface area contributed by atoms with Crippen LogP contribution in [0.1, 0.15) is 18.9 Å². The van der Waals surface area contributed by atoms with E-state index >= 15 is 0 Å². The zero-order chi connectivity index (χ0) is 28.4. The molecule has 5 rings (SSSR count). The van der Waals surface area contributed by atoms with Crippen molar-refractivity contribution in [2.45, 2.75) is 31.2 Å². The maximum absolute atomic E-state index is 13.3. The first kappa shape index (κ1) is 27.6. The van der Waals surface area contributed by atoms with Gasteiger partial charge in [-0.05, 0) is 38.1 Å². The molecule has 4 aromatic heterocycles. The highest BCUT2D eigenvalue weighted by Gasteiger charge is 2.27. The fraction of sp³-hybridized carbons (Fsp3) is 0.370. The van der Waals surface area contributed by atoms with Crippen molar-refractivity contribution in [3.63, 3.8) is 0 Å². The summed E-state index contributed by atoms with van der Waals surface area (Å²) in [6.07, 6.45) is 9.85. The molecule has 3 N–H and O–H groups in total. The summed E-state index contributed by atoms with van der Waals surface area (Å²) in [7, 11) is -1.31. The van der Waals surface area contributed by atoms with Crippen LogP contribution in [0.2, 0.25) is 0 Å². The van der Waals surface area contributed by atoms with Gasteiger partial charge < -0.3 is 20.5 Å². The van der Waals surface area contributed by atoms with Crippen LogP contribution in [0.3, 0.4) is 0 Å². The summed E-state index contributed by atoms with van der Waals surface area (Å²) in [5.41, 5.74) is 3.51. The van der Waals surface area contributed by atoms with Crippen LogP contribution in [-0.4, -0.2) is 94.6 Å². The van der Waals surface area contributed by atoms with E-state index < -0.39 is 9.84 Å². The molecule has 1 aliphatic rings. The summed E-state index contributed by atoms with van der Waals surface area (Å²) in [6, 6.07) is 3.14. The number of nitrogens with zero attached hydrogens (tertiary/aromatic N) is 6. The molecule has 0 bridgehead atoms. The average molecular weight is 564 g/mol. The van der Waals surface area contributed by atoms with Gasteiger partial charge in [-0.15, -0.1) is 0 Å². The van der Waals surface area contributed by atoms with Gasteiger partial charge in [0.1, 0.15) is 0 Å². The van der Waals surface area contributed by atoms with Crippen molar-refractivity contribution >= 4 is 44.1 Å². The SMILES string of the molecule is CCC(C(=O)Nc1nccc2c(-c3nc(Nc4cncc(S(C)(=O)=O)c4)ncc3C)c[nH]c12)N1CCN(C)CC1. The Morgan fingerprint density at radius 1 is 1.15 bits per heavy atom. The average Bonchev–Trinajstić information content (AvgIpc) is 3.36. The number of hydrogen-bond donors (Lipinski definition) is 3. The summed E-state index contributed by atoms with van der Waals surface area (Å²) < 4.78 is 23.8. The van der Waals surface area contributed by atoms with Gasteiger partial charge in [0.25, 0.3) is 0 Å². The van der Waals surface area contributed by atoms with Gasteiger partial charge in [-0.2, -0.15) is 0 Å². The second-order valence-electron chi connectivity index (χ2n) is 10.1. The topological polar surface area (TPSA) is 149 Å². The van der Waals surface area contributed by atoms with Gasteiger partial charge in [0, 0.05) is 68.2 Å². The van der Waals surface area contributed by atoms with Gasteiger partial charge in [-0.25, -0.2) is 23.4 Å². The van der Waals surface area contributed by atoms with Crippen LogP contribution in [0.4, 0.5) is 17.5 Å². The van der Waals surface area contributed by atoms with Crippen LogP contribution in [0.5, 0.6) is 0 Å². The van der Waals surface area contributed by atoms with Crippen molar-refractivity contribution in [1.82, 2.24) is 34.7 Å². The molecule has 13 heteroatoms. The van der Waals surface area contributed by atoms with Crippen molar-refractivity contribution in [3.8, 4) is 11.3 Å². The number of rotatable bonds is 8. The predicted octanol–water partition coefficient (Wildman–Crippen LogP) is 2.83. The quantitative estimate of drug-likeness (QED) is 0.292. The van der Waals surface area contributed by atoms with Crippen molar-refractivity contribution in [1.29, 1.82) is 0 Å². The van der Waals surface area contributed by atoms with E-state index in [9.17, 15) is 13.2 Å². The molecule has 1 fully saturated rings. The zero-order valence-electron chi connectivity index (χ0n) is 23.0. The van der Waals surface area contributed by atoms with E-state index in [1.54, 1.807) is 12.4 Å². The molecule has 210 valence electrons. The first-order valence-electron chi connectivity index (χ1n) is 13.1. The fourth-order valence-corrected chi connectivity index (χ4v) is 5.48. The number of piperazine rings is 1. The van der Waals surface area contributed by atoms with E-state index in [0.29, 0.717) is 35.1 Å². The number of amides is 1. The molecule has 1 aliphatic heterocycles. The zero-order valence-corrected chi connectivity index (χ0v) is 23.8. The highest BCUT2D eigenvalue weighted by Crippen LogP contribution is 2.33. The second-order valence-corrected chi connectivity index (χ2v) is 12.1. The lowest BCUT2D eigenvalue weighted by molar-refractivity contribution is -0.122. The molecule has 1 atom stereocenters. The number of aromatic amines is 1. The van der Waals surface area contributed by atoms with Crippen LogP contribution < -0.4 is 10.6 Å². The largest absolute Gasteiger partial charge is 0.357 e. The number of carbonyl (C=O) groups excluding carboxylic acids is 1. The van der Waals surface area contributed by atoms with E-state index in [1.165, 1.54) is 18.5 Å². The maximum atomic E-state index is 13.3. The summed E-state index contributed by atoms with van der Waals surface area (Å²) in [5, 5.41) is 6.95. The van der Waals surface area contributed by atoms with Gasteiger partial charge >= 0.3 is 0 Å². The Hall–Kier alpha value is -3.94. The standard InChI is InChI=1S/C27H33N9O3S/c1-5-22(36-10-8-35(3)9-11-36)26(37)34-25-24-20(6-7-29-25)21(16-30-24)23-17(2)13-31-27(33-23)32-18-12-19(15-28-14-18)40(4,38)39/h6-7,12-16,22,30H,5,8-11H2,1-4H3,(H,29,34,37)(H,31,32,33). The molecular weight excluding hydrogens is 530 g/mol. The van der Waals surface area contributed by atoms with Gasteiger partial charge in [0.2, 0.25) is 11.9 Å². The lowest BCUT2D eigenvalue weighted by Gasteiger charge is -2.36. The van der Waals surface area contributed by atoms with E-state index in [2.05, 4.69) is 47.4 Å². The minimum atomic E-state index is -3.41. The highest BCUT2D eigenvalue weighted by atomic mass is 32.2. The van der Waals surface area contributed by atoms with E-state index in [0.717, 1.165) is 48.9 Å². The molecule has 0 aromatic carbocycles. The predicted molar refractivity (Wildman–Crippen MR) is 154 cm³/mol. The summed E-state index contributed by atoms with van der Waals surface area (Å²) in [4.78, 5) is 38.7. The molecule has 12 nitrogen and oxygen atoms in total. The number of carbonyl (C=O) groups is 1. The molecular formula is C27H33N9O3S. The third kappa shape index (κ3) is 5.81. The van der Waals surface area contributed by atoms with Gasteiger partial charge in [-0.1, -0.05) is 6.92 Å². The van der Waals surface area contributed by atoms with Gasteiger partial charge in [0.15, 0.2) is 15.7 Å². The minimum Gasteiger partial charge on any atom is -0.357 e. The Kier molecular flexibility index (Phi) is 7.79. The molecule has 1 unspecified atom stereocenters. The van der Waals surface area contributed by atoms with Crippen LogP contribution >= 0.6 is 0 Å². The summed E-state index contributed by atoms with van der Waals surface area (Å²) >= 11 is 0. The number of sulfone groups is 1. The lowest BCUT2D eigenvalue weighted by Crippen LogP contribution is -2.52. The Balaban J connectivity index is 1.41. The molecule has 4 aromatic rings. The molecule has 1 saturated heterocycles. The van der Waals surface area contributed by atoms with Gasteiger partial charge in [-0.3, -0.25) is 14.7 Å². The summed E-state index contributed by atoms with van der Waals surface area (Å²) in [6.45, 7) is 7.52. The van der Waals surface area contributed by atoms with Crippen LogP contribution in [0.25, 0.3) is 22.2 Å². The number of anilines is 3. The first-order chi connectivity index (χ1) is 19.1. The summed E-state index contributed by atoms with van der Waals surface area (Å²) in [5.74, 6) is 0.691. The third-order valence-corrected chi connectivity index (χ3v) is 8.22. The molecule has 5 heterocycles. The third-order valence-electron chi connectivity index (χ3n) is 7.14. The number of fused-ring (bicyclic) bond motifs is 1. The number of nitrogens with one attached hydrogen (secondary N) is 3.